The molecule has 5 aliphatic carbocycles. The van der Waals surface area contributed by atoms with Gasteiger partial charge in [0.25, 0.3) is 5.91 Å². The number of nitrogens with one attached hydrogen (secondary N) is 1. The number of ether oxygens (including phenoxy) is 1. The number of rotatable bonds is 5. The highest BCUT2D eigenvalue weighted by Gasteiger charge is 2.52. The van der Waals surface area contributed by atoms with E-state index in [1.54, 1.807) is 0 Å². The summed E-state index contributed by atoms with van der Waals surface area (Å²) in [7, 11) is 0. The second-order valence-electron chi connectivity index (χ2n) is 10.9. The van der Waals surface area contributed by atoms with Crippen LogP contribution in [-0.4, -0.2) is 33.8 Å². The van der Waals surface area contributed by atoms with Gasteiger partial charge >= 0.3 is 5.97 Å². The molecular formula is C27H33N3O3. The molecule has 5 aliphatic rings. The Bertz CT molecular complexity index is 1040. The molecule has 2 aromatic rings. The third-order valence-electron chi connectivity index (χ3n) is 8.50. The maximum absolute atomic E-state index is 14.0. The number of nitrogens with zero attached hydrogens (tertiary/aromatic N) is 2. The van der Waals surface area contributed by atoms with Gasteiger partial charge in [-0.05, 0) is 94.6 Å². The molecule has 6 nitrogen and oxygen atoms in total. The molecule has 6 heteroatoms. The average molecular weight is 448 g/mol. The molecule has 174 valence electrons. The minimum Gasteiger partial charge on any atom is -0.466 e. The molecule has 4 saturated carbocycles. The number of aromatic nitrogens is 2. The molecule has 0 saturated heterocycles. The molecule has 0 radical (unpaired) electrons. The van der Waals surface area contributed by atoms with Crippen LogP contribution >= 0.6 is 0 Å². The summed E-state index contributed by atoms with van der Waals surface area (Å²) < 4.78 is 7.13. The van der Waals surface area contributed by atoms with Crippen molar-refractivity contribution in [2.45, 2.75) is 70.3 Å². The fraction of sp³-hybridized carbons (Fsp3) is 0.593. The van der Waals surface area contributed by atoms with Crippen LogP contribution in [0.15, 0.2) is 30.3 Å². The molecule has 7 rings (SSSR count). The number of benzene rings is 1. The highest BCUT2D eigenvalue weighted by atomic mass is 16.5. The normalized spacial score (nSPS) is 31.8. The third kappa shape index (κ3) is 3.68. The Kier molecular flexibility index (Phi) is 5.07. The summed E-state index contributed by atoms with van der Waals surface area (Å²) in [5.74, 6) is 1.88. The van der Waals surface area contributed by atoms with Crippen molar-refractivity contribution >= 4 is 11.9 Å². The zero-order valence-corrected chi connectivity index (χ0v) is 19.4. The number of amides is 1. The molecular weight excluding hydrogens is 414 g/mol. The minimum absolute atomic E-state index is 0.0286. The molecule has 1 amide bonds. The van der Waals surface area contributed by atoms with Crippen LogP contribution < -0.4 is 5.32 Å². The van der Waals surface area contributed by atoms with E-state index in [-0.39, 0.29) is 23.3 Å². The van der Waals surface area contributed by atoms with Gasteiger partial charge < -0.3 is 10.1 Å². The molecule has 33 heavy (non-hydrogen) atoms. The van der Waals surface area contributed by atoms with Crippen LogP contribution in [0.2, 0.25) is 0 Å². The molecule has 1 atom stereocenters. The van der Waals surface area contributed by atoms with Crippen LogP contribution in [0.3, 0.4) is 0 Å². The molecule has 1 aromatic heterocycles. The van der Waals surface area contributed by atoms with Gasteiger partial charge in [-0.15, -0.1) is 0 Å². The van der Waals surface area contributed by atoms with Crippen LogP contribution in [0, 0.1) is 23.7 Å². The Labute approximate surface area is 195 Å². The van der Waals surface area contributed by atoms with Gasteiger partial charge in [0.15, 0.2) is 0 Å². The zero-order valence-electron chi connectivity index (χ0n) is 19.4. The van der Waals surface area contributed by atoms with Gasteiger partial charge in [0.2, 0.25) is 0 Å². The Balaban J connectivity index is 1.36. The smallest absolute Gasteiger partial charge is 0.309 e. The van der Waals surface area contributed by atoms with Gasteiger partial charge in [-0.25, -0.2) is 4.68 Å². The van der Waals surface area contributed by atoms with E-state index < -0.39 is 0 Å². The predicted molar refractivity (Wildman–Crippen MR) is 124 cm³/mol. The second kappa shape index (κ2) is 8.00. The first-order chi connectivity index (χ1) is 16.0. The molecule has 1 heterocycles. The van der Waals surface area contributed by atoms with Crippen molar-refractivity contribution < 1.29 is 14.3 Å². The van der Waals surface area contributed by atoms with E-state index in [4.69, 9.17) is 9.84 Å². The summed E-state index contributed by atoms with van der Waals surface area (Å²) in [5, 5.41) is 8.42. The fourth-order valence-electron chi connectivity index (χ4n) is 7.58. The van der Waals surface area contributed by atoms with Crippen molar-refractivity contribution in [3.63, 3.8) is 0 Å². The van der Waals surface area contributed by atoms with Gasteiger partial charge in [0.1, 0.15) is 5.69 Å². The Hall–Kier alpha value is -2.63. The summed E-state index contributed by atoms with van der Waals surface area (Å²) >= 11 is 0. The van der Waals surface area contributed by atoms with E-state index in [0.717, 1.165) is 54.0 Å². The lowest BCUT2D eigenvalue weighted by atomic mass is 9.53. The fourth-order valence-corrected chi connectivity index (χ4v) is 7.58. The average Bonchev–Trinajstić information content (AvgIpc) is 3.17. The van der Waals surface area contributed by atoms with E-state index in [9.17, 15) is 9.59 Å². The largest absolute Gasteiger partial charge is 0.466 e. The highest BCUT2D eigenvalue weighted by Crippen LogP contribution is 2.55. The summed E-state index contributed by atoms with van der Waals surface area (Å²) in [6.07, 6.45) is 9.28. The minimum atomic E-state index is -0.211. The van der Waals surface area contributed by atoms with Gasteiger partial charge in [-0.2, -0.15) is 5.10 Å². The van der Waals surface area contributed by atoms with E-state index in [1.807, 2.05) is 41.9 Å². The van der Waals surface area contributed by atoms with E-state index in [0.29, 0.717) is 31.6 Å². The Morgan fingerprint density at radius 2 is 1.76 bits per heavy atom. The maximum atomic E-state index is 14.0. The van der Waals surface area contributed by atoms with Crippen molar-refractivity contribution in [1.29, 1.82) is 0 Å². The lowest BCUT2D eigenvalue weighted by Gasteiger charge is -2.56. The van der Waals surface area contributed by atoms with Crippen LogP contribution in [0.25, 0.3) is 5.69 Å². The molecule has 4 bridgehead atoms. The van der Waals surface area contributed by atoms with Gasteiger partial charge in [-0.1, -0.05) is 18.2 Å². The van der Waals surface area contributed by atoms with Crippen molar-refractivity contribution in [2.24, 2.45) is 23.7 Å². The third-order valence-corrected chi connectivity index (χ3v) is 8.50. The highest BCUT2D eigenvalue weighted by molar-refractivity contribution is 5.96. The number of carbonyl (C=O) groups is 2. The Morgan fingerprint density at radius 3 is 2.39 bits per heavy atom. The van der Waals surface area contributed by atoms with Crippen molar-refractivity contribution in [2.75, 3.05) is 6.61 Å². The van der Waals surface area contributed by atoms with Crippen molar-refractivity contribution in [3.8, 4) is 5.69 Å². The lowest BCUT2D eigenvalue weighted by molar-refractivity contribution is -0.148. The number of hydrogen-bond donors (Lipinski definition) is 1. The summed E-state index contributed by atoms with van der Waals surface area (Å²) in [6.45, 7) is 2.22. The quantitative estimate of drug-likeness (QED) is 0.696. The summed E-state index contributed by atoms with van der Waals surface area (Å²) in [4.78, 5) is 26.5. The first-order valence-electron chi connectivity index (χ1n) is 12.7. The van der Waals surface area contributed by atoms with E-state index in [2.05, 4.69) is 5.32 Å². The van der Waals surface area contributed by atoms with Crippen LogP contribution in [0.5, 0.6) is 0 Å². The lowest BCUT2D eigenvalue weighted by Crippen LogP contribution is -2.60. The standard InChI is InChI=1S/C27H33N3O3/c1-2-33-26(32)20-8-9-23-22(13-20)24(30(29-23)21-6-4-3-5-7-21)25(31)28-27-14-17-10-18(15-27)12-19(11-17)16-27/h3-7,17-20H,2,8-16H2,1H3,(H,28,31). The Morgan fingerprint density at radius 1 is 1.09 bits per heavy atom. The van der Waals surface area contributed by atoms with Crippen LogP contribution in [-0.2, 0) is 22.4 Å². The molecule has 1 unspecified atom stereocenters. The van der Waals surface area contributed by atoms with Crippen LogP contribution in [0.4, 0.5) is 0 Å². The van der Waals surface area contributed by atoms with Crippen molar-refractivity contribution in [3.05, 3.63) is 47.3 Å². The predicted octanol–water partition coefficient (Wildman–Crippen LogP) is 4.24. The van der Waals surface area contributed by atoms with E-state index in [1.165, 1.54) is 19.3 Å². The van der Waals surface area contributed by atoms with E-state index >= 15 is 0 Å². The topological polar surface area (TPSA) is 73.2 Å². The number of hydrogen-bond acceptors (Lipinski definition) is 4. The second-order valence-corrected chi connectivity index (χ2v) is 10.9. The van der Waals surface area contributed by atoms with Crippen LogP contribution in [0.1, 0.15) is 73.6 Å². The molecule has 1 N–H and O–H groups in total. The first-order valence-corrected chi connectivity index (χ1v) is 12.7. The number of carbonyl (C=O) groups excluding carboxylic acids is 2. The maximum Gasteiger partial charge on any atom is 0.309 e. The number of fused-ring (bicyclic) bond motifs is 1. The first kappa shape index (κ1) is 20.9. The molecule has 0 aliphatic heterocycles. The number of para-hydroxylation sites is 1. The summed E-state index contributed by atoms with van der Waals surface area (Å²) in [6, 6.07) is 9.89. The molecule has 0 spiro atoms. The monoisotopic (exact) mass is 447 g/mol. The van der Waals surface area contributed by atoms with Gasteiger partial charge in [-0.3, -0.25) is 9.59 Å². The molecule has 1 aromatic carbocycles. The SMILES string of the molecule is CCOC(=O)C1CCc2nn(-c3ccccc3)c(C(=O)NC34CC5CC(CC(C5)C3)C4)c2C1. The van der Waals surface area contributed by atoms with Gasteiger partial charge in [0.05, 0.1) is 23.9 Å². The number of esters is 1. The van der Waals surface area contributed by atoms with Crippen molar-refractivity contribution in [1.82, 2.24) is 15.1 Å². The number of aryl methyl sites for hydroxylation is 1. The zero-order chi connectivity index (χ0) is 22.6. The summed E-state index contributed by atoms with van der Waals surface area (Å²) in [5.41, 5.74) is 3.29. The molecule has 4 fully saturated rings. The van der Waals surface area contributed by atoms with Gasteiger partial charge in [0, 0.05) is 11.1 Å².